The number of nitrogens with one attached hydrogen (secondary N) is 1. The molecule has 1 N–H and O–H groups in total. The van der Waals surface area contributed by atoms with Crippen molar-refractivity contribution in [2.45, 2.75) is 44.6 Å². The van der Waals surface area contributed by atoms with Crippen molar-refractivity contribution in [2.24, 2.45) is 5.92 Å². The van der Waals surface area contributed by atoms with E-state index in [0.29, 0.717) is 29.3 Å². The predicted molar refractivity (Wildman–Crippen MR) is 130 cm³/mol. The van der Waals surface area contributed by atoms with Crippen LogP contribution in [0.25, 0.3) is 22.5 Å². The average molecular weight is 451 g/mol. The van der Waals surface area contributed by atoms with Crippen LogP contribution in [0.5, 0.6) is 0 Å². The Bertz CT molecular complexity index is 1340. The molecule has 0 bridgehead atoms. The first-order chi connectivity index (χ1) is 16.7. The van der Waals surface area contributed by atoms with Crippen molar-refractivity contribution in [1.29, 1.82) is 0 Å². The smallest absolute Gasteiger partial charge is 0.274 e. The second-order valence-electron chi connectivity index (χ2n) is 9.31. The summed E-state index contributed by atoms with van der Waals surface area (Å²) >= 11 is 0. The van der Waals surface area contributed by atoms with Gasteiger partial charge in [0, 0.05) is 41.4 Å². The second-order valence-corrected chi connectivity index (χ2v) is 9.31. The largest absolute Gasteiger partial charge is 0.321 e. The zero-order valence-corrected chi connectivity index (χ0v) is 19.1. The summed E-state index contributed by atoms with van der Waals surface area (Å²) in [6.45, 7) is 2.22. The Morgan fingerprint density at radius 3 is 2.68 bits per heavy atom. The van der Waals surface area contributed by atoms with Crippen LogP contribution in [0.3, 0.4) is 0 Å². The van der Waals surface area contributed by atoms with Gasteiger partial charge in [-0.15, -0.1) is 10.2 Å². The molecular weight excluding hydrogens is 424 g/mol. The molecule has 3 heterocycles. The molecule has 0 saturated heterocycles. The molecule has 1 amide bonds. The summed E-state index contributed by atoms with van der Waals surface area (Å²) in [7, 11) is 0. The Labute approximate surface area is 198 Å². The van der Waals surface area contributed by atoms with Crippen molar-refractivity contribution in [1.82, 2.24) is 24.7 Å². The van der Waals surface area contributed by atoms with Gasteiger partial charge in [0.25, 0.3) is 5.91 Å². The van der Waals surface area contributed by atoms with E-state index >= 15 is 0 Å². The van der Waals surface area contributed by atoms with E-state index in [1.54, 1.807) is 18.7 Å². The van der Waals surface area contributed by atoms with Crippen molar-refractivity contribution in [3.05, 3.63) is 78.6 Å². The molecule has 3 aromatic heterocycles. The van der Waals surface area contributed by atoms with Crippen LogP contribution in [-0.2, 0) is 0 Å². The lowest BCUT2D eigenvalue weighted by molar-refractivity contribution is 0.102. The third-order valence-electron chi connectivity index (χ3n) is 6.86. The number of nitrogens with zero attached hydrogens (tertiary/aromatic N) is 5. The molecule has 170 valence electrons. The summed E-state index contributed by atoms with van der Waals surface area (Å²) in [4.78, 5) is 22.2. The number of hydrogen-bond donors (Lipinski definition) is 1. The fourth-order valence-corrected chi connectivity index (χ4v) is 4.69. The van der Waals surface area contributed by atoms with E-state index in [0.717, 1.165) is 40.9 Å². The van der Waals surface area contributed by atoms with Gasteiger partial charge in [-0.2, -0.15) is 0 Å². The Morgan fingerprint density at radius 1 is 1.06 bits per heavy atom. The van der Waals surface area contributed by atoms with Gasteiger partial charge in [-0.05, 0) is 79.8 Å². The Morgan fingerprint density at radius 2 is 1.91 bits per heavy atom. The zero-order chi connectivity index (χ0) is 23.1. The van der Waals surface area contributed by atoms with Gasteiger partial charge in [-0.3, -0.25) is 14.8 Å². The minimum Gasteiger partial charge on any atom is -0.321 e. The van der Waals surface area contributed by atoms with Crippen molar-refractivity contribution < 1.29 is 4.79 Å². The fraction of sp³-hybridized carbons (Fsp3) is 0.296. The topological polar surface area (TPSA) is 85.6 Å². The van der Waals surface area contributed by atoms with Crippen LogP contribution >= 0.6 is 0 Å². The molecule has 0 unspecified atom stereocenters. The van der Waals surface area contributed by atoms with Gasteiger partial charge in [-0.1, -0.05) is 18.2 Å². The lowest BCUT2D eigenvalue weighted by atomic mass is 9.96. The summed E-state index contributed by atoms with van der Waals surface area (Å²) in [5.74, 6) is 1.68. The molecule has 0 radical (unpaired) electrons. The zero-order valence-electron chi connectivity index (χ0n) is 19.1. The van der Waals surface area contributed by atoms with E-state index in [1.165, 1.54) is 12.8 Å². The van der Waals surface area contributed by atoms with E-state index < -0.39 is 0 Å². The highest BCUT2D eigenvalue weighted by atomic mass is 16.1. The molecule has 2 saturated carbocycles. The Hall–Kier alpha value is -3.87. The third kappa shape index (κ3) is 3.98. The van der Waals surface area contributed by atoms with Crippen LogP contribution in [0.15, 0.2) is 67.4 Å². The Balaban J connectivity index is 1.30. The summed E-state index contributed by atoms with van der Waals surface area (Å²) in [6, 6.07) is 14.1. The van der Waals surface area contributed by atoms with Crippen LogP contribution in [0.1, 0.15) is 60.6 Å². The first-order valence-corrected chi connectivity index (χ1v) is 11.9. The highest BCUT2D eigenvalue weighted by molar-refractivity contribution is 6.05. The number of rotatable bonds is 7. The highest BCUT2D eigenvalue weighted by Crippen LogP contribution is 2.46. The molecule has 7 heteroatoms. The van der Waals surface area contributed by atoms with Gasteiger partial charge in [0.05, 0.1) is 0 Å². The normalized spacial score (nSPS) is 16.3. The molecule has 0 aliphatic heterocycles. The summed E-state index contributed by atoms with van der Waals surface area (Å²) in [5.41, 5.74) is 5.19. The quantitative estimate of drug-likeness (QED) is 0.402. The number of hydrogen-bond acceptors (Lipinski definition) is 5. The van der Waals surface area contributed by atoms with Crippen LogP contribution in [0.2, 0.25) is 0 Å². The lowest BCUT2D eigenvalue weighted by Crippen LogP contribution is -2.16. The number of benzene rings is 1. The number of aromatic nitrogens is 5. The average Bonchev–Trinajstić information content (AvgIpc) is 3.81. The Kier molecular flexibility index (Phi) is 5.17. The molecule has 1 atom stereocenters. The minimum atomic E-state index is -0.197. The highest BCUT2D eigenvalue weighted by Gasteiger charge is 2.32. The SMILES string of the molecule is C[C@@H](C1CC1)n1cnnc1-c1cccc(NC(=O)c2nccc(-c3cccnc3)c2C2CC2)c1. The molecule has 7 nitrogen and oxygen atoms in total. The minimum absolute atomic E-state index is 0.197. The molecule has 4 aromatic rings. The first kappa shape index (κ1) is 20.7. The van der Waals surface area contributed by atoms with Crippen LogP contribution in [0, 0.1) is 5.92 Å². The second kappa shape index (κ2) is 8.48. The summed E-state index contributed by atoms with van der Waals surface area (Å²) in [6.07, 6.45) is 11.8. The van der Waals surface area contributed by atoms with E-state index in [-0.39, 0.29) is 5.91 Å². The van der Waals surface area contributed by atoms with Crippen molar-refractivity contribution in [3.63, 3.8) is 0 Å². The van der Waals surface area contributed by atoms with Gasteiger partial charge in [0.2, 0.25) is 0 Å². The van der Waals surface area contributed by atoms with Gasteiger partial charge >= 0.3 is 0 Å². The monoisotopic (exact) mass is 450 g/mol. The maximum absolute atomic E-state index is 13.4. The van der Waals surface area contributed by atoms with Gasteiger partial charge in [-0.25, -0.2) is 0 Å². The first-order valence-electron chi connectivity index (χ1n) is 11.9. The van der Waals surface area contributed by atoms with Crippen molar-refractivity contribution in [3.8, 4) is 22.5 Å². The van der Waals surface area contributed by atoms with E-state index in [2.05, 4.69) is 37.0 Å². The van der Waals surface area contributed by atoms with Gasteiger partial charge < -0.3 is 9.88 Å². The van der Waals surface area contributed by atoms with E-state index in [4.69, 9.17) is 0 Å². The number of anilines is 1. The van der Waals surface area contributed by atoms with Crippen LogP contribution < -0.4 is 5.32 Å². The van der Waals surface area contributed by atoms with Crippen LogP contribution in [-0.4, -0.2) is 30.6 Å². The number of pyridine rings is 2. The molecule has 1 aromatic carbocycles. The number of amides is 1. The number of carbonyl (C=O) groups excluding carboxylic acids is 1. The summed E-state index contributed by atoms with van der Waals surface area (Å²) < 4.78 is 2.14. The molecule has 34 heavy (non-hydrogen) atoms. The standard InChI is InChI=1S/C27H26N6O/c1-17(18-7-8-18)33-16-30-32-26(33)20-4-2-6-22(14-20)31-27(34)25-24(19-9-10-19)23(11-13-29-25)21-5-3-12-28-15-21/h2-6,11-19H,7-10H2,1H3,(H,31,34)/t17-/m0/s1. The maximum atomic E-state index is 13.4. The number of carbonyl (C=O) groups is 1. The van der Waals surface area contributed by atoms with Gasteiger partial charge in [0.1, 0.15) is 12.0 Å². The molecular formula is C27H26N6O. The molecule has 6 rings (SSSR count). The van der Waals surface area contributed by atoms with Crippen LogP contribution in [0.4, 0.5) is 5.69 Å². The molecule has 2 fully saturated rings. The molecule has 2 aliphatic carbocycles. The van der Waals surface area contributed by atoms with E-state index in [1.807, 2.05) is 48.7 Å². The molecule has 0 spiro atoms. The van der Waals surface area contributed by atoms with Crippen molar-refractivity contribution >= 4 is 11.6 Å². The van der Waals surface area contributed by atoms with Gasteiger partial charge in [0.15, 0.2) is 5.82 Å². The third-order valence-corrected chi connectivity index (χ3v) is 6.86. The molecule has 2 aliphatic rings. The summed E-state index contributed by atoms with van der Waals surface area (Å²) in [5, 5.41) is 11.6. The maximum Gasteiger partial charge on any atom is 0.274 e. The lowest BCUT2D eigenvalue weighted by Gasteiger charge is -2.16. The fourth-order valence-electron chi connectivity index (χ4n) is 4.69. The van der Waals surface area contributed by atoms with E-state index in [9.17, 15) is 4.79 Å². The van der Waals surface area contributed by atoms with Crippen molar-refractivity contribution in [2.75, 3.05) is 5.32 Å². The predicted octanol–water partition coefficient (Wildman–Crippen LogP) is 5.50.